The van der Waals surface area contributed by atoms with E-state index in [1.54, 1.807) is 53.0 Å². The third kappa shape index (κ3) is 2.74. The summed E-state index contributed by atoms with van der Waals surface area (Å²) in [6, 6.07) is 15.3. The topological polar surface area (TPSA) is 89.2 Å². The van der Waals surface area contributed by atoms with Crippen LogP contribution in [0.4, 0.5) is 5.69 Å². The van der Waals surface area contributed by atoms with Crippen LogP contribution in [0.25, 0.3) is 15.5 Å². The molecule has 0 saturated carbocycles. The Kier molecular flexibility index (Phi) is 3.51. The molecule has 4 rings (SSSR count). The van der Waals surface area contributed by atoms with Gasteiger partial charge < -0.3 is 0 Å². The molecule has 0 saturated heterocycles. The number of rotatable bonds is 4. The zero-order chi connectivity index (χ0) is 16.6. The van der Waals surface area contributed by atoms with Gasteiger partial charge in [0.25, 0.3) is 10.0 Å². The number of hydrogen-bond donors (Lipinski definition) is 1. The number of benzene rings is 2. The van der Waals surface area contributed by atoms with Crippen molar-refractivity contribution in [3.8, 4) is 10.6 Å². The molecular formula is C15H11N5O2S2. The summed E-state index contributed by atoms with van der Waals surface area (Å²) in [4.78, 5) is 0.898. The van der Waals surface area contributed by atoms with Crippen LogP contribution in [0.3, 0.4) is 0 Å². The number of fused-ring (bicyclic) bond motifs is 1. The minimum Gasteiger partial charge on any atom is -0.280 e. The smallest absolute Gasteiger partial charge is 0.261 e. The quantitative estimate of drug-likeness (QED) is 0.606. The van der Waals surface area contributed by atoms with Crippen LogP contribution in [-0.2, 0) is 10.0 Å². The summed E-state index contributed by atoms with van der Waals surface area (Å²) in [6.07, 6.45) is 1.53. The van der Waals surface area contributed by atoms with Crippen LogP contribution >= 0.6 is 11.3 Å². The van der Waals surface area contributed by atoms with Gasteiger partial charge in [-0.3, -0.25) is 4.72 Å². The predicted molar refractivity (Wildman–Crippen MR) is 91.3 cm³/mol. The summed E-state index contributed by atoms with van der Waals surface area (Å²) in [7, 11) is -3.62. The fourth-order valence-electron chi connectivity index (χ4n) is 2.21. The SMILES string of the molecule is O=S(=O)(Nc1cccc(-c2nn3cnnc3s2)c1)c1ccccc1. The van der Waals surface area contributed by atoms with Gasteiger partial charge in [-0.05, 0) is 24.3 Å². The molecule has 2 heterocycles. The van der Waals surface area contributed by atoms with Crippen LogP contribution in [0, 0.1) is 0 Å². The molecule has 0 aliphatic rings. The average Bonchev–Trinajstić information content (AvgIpc) is 3.17. The Morgan fingerprint density at radius 1 is 1.04 bits per heavy atom. The van der Waals surface area contributed by atoms with Crippen molar-refractivity contribution in [1.82, 2.24) is 19.8 Å². The van der Waals surface area contributed by atoms with Crippen LogP contribution < -0.4 is 4.72 Å². The Labute approximate surface area is 141 Å². The van der Waals surface area contributed by atoms with Crippen molar-refractivity contribution < 1.29 is 8.42 Å². The highest BCUT2D eigenvalue weighted by molar-refractivity contribution is 7.92. The van der Waals surface area contributed by atoms with Crippen molar-refractivity contribution in [2.75, 3.05) is 4.72 Å². The fraction of sp³-hybridized carbons (Fsp3) is 0. The van der Waals surface area contributed by atoms with Gasteiger partial charge in [0.15, 0.2) is 0 Å². The van der Waals surface area contributed by atoms with Crippen LogP contribution in [0.5, 0.6) is 0 Å². The number of nitrogens with zero attached hydrogens (tertiary/aromatic N) is 4. The first-order chi connectivity index (χ1) is 11.6. The molecule has 0 unspecified atom stereocenters. The van der Waals surface area contributed by atoms with Crippen molar-refractivity contribution in [2.24, 2.45) is 0 Å². The van der Waals surface area contributed by atoms with Crippen molar-refractivity contribution >= 4 is 32.0 Å². The van der Waals surface area contributed by atoms with E-state index in [4.69, 9.17) is 0 Å². The molecule has 0 aliphatic heterocycles. The summed E-state index contributed by atoms with van der Waals surface area (Å²) in [5.41, 5.74) is 1.28. The third-order valence-electron chi connectivity index (χ3n) is 3.30. The van der Waals surface area contributed by atoms with E-state index in [0.717, 1.165) is 10.6 Å². The number of hydrogen-bond acceptors (Lipinski definition) is 6. The summed E-state index contributed by atoms with van der Waals surface area (Å²) >= 11 is 1.38. The number of nitrogens with one attached hydrogen (secondary N) is 1. The van der Waals surface area contributed by atoms with Gasteiger partial charge >= 0.3 is 0 Å². The van der Waals surface area contributed by atoms with Gasteiger partial charge in [-0.25, -0.2) is 8.42 Å². The third-order valence-corrected chi connectivity index (χ3v) is 5.66. The molecule has 120 valence electrons. The molecule has 0 amide bonds. The van der Waals surface area contributed by atoms with E-state index in [1.165, 1.54) is 17.7 Å². The molecule has 0 bridgehead atoms. The molecule has 0 aliphatic carbocycles. The number of aromatic nitrogens is 4. The van der Waals surface area contributed by atoms with Crippen molar-refractivity contribution in [3.05, 3.63) is 60.9 Å². The van der Waals surface area contributed by atoms with Gasteiger partial charge in [-0.1, -0.05) is 41.7 Å². The predicted octanol–water partition coefficient (Wildman–Crippen LogP) is 2.65. The maximum atomic E-state index is 12.4. The van der Waals surface area contributed by atoms with Crippen LogP contribution in [0.2, 0.25) is 0 Å². The summed E-state index contributed by atoms with van der Waals surface area (Å²) in [5.74, 6) is 0. The maximum Gasteiger partial charge on any atom is 0.261 e. The first-order valence-electron chi connectivity index (χ1n) is 6.97. The molecular weight excluding hydrogens is 346 g/mol. The summed E-state index contributed by atoms with van der Waals surface area (Å²) in [5, 5.41) is 12.8. The summed E-state index contributed by atoms with van der Waals surface area (Å²) < 4.78 is 29.0. The molecule has 1 N–H and O–H groups in total. The molecule has 0 fully saturated rings. The highest BCUT2D eigenvalue weighted by atomic mass is 32.2. The lowest BCUT2D eigenvalue weighted by Crippen LogP contribution is -2.12. The van der Waals surface area contributed by atoms with Gasteiger partial charge in [0, 0.05) is 11.3 Å². The van der Waals surface area contributed by atoms with Crippen molar-refractivity contribution in [3.63, 3.8) is 0 Å². The van der Waals surface area contributed by atoms with E-state index >= 15 is 0 Å². The molecule has 2 aromatic carbocycles. The zero-order valence-corrected chi connectivity index (χ0v) is 13.8. The Bertz CT molecular complexity index is 1070. The molecule has 4 aromatic rings. The first kappa shape index (κ1) is 14.8. The van der Waals surface area contributed by atoms with Crippen LogP contribution in [0.1, 0.15) is 0 Å². The minimum absolute atomic E-state index is 0.217. The second-order valence-corrected chi connectivity index (χ2v) is 7.60. The second kappa shape index (κ2) is 5.69. The van der Waals surface area contributed by atoms with E-state index < -0.39 is 10.0 Å². The standard InChI is InChI=1S/C15H11N5O2S2/c21-24(22,13-7-2-1-3-8-13)19-12-6-4-5-11(9-12)14-18-20-10-16-17-15(20)23-14/h1-10,19H. The normalized spacial score (nSPS) is 11.7. The Balaban J connectivity index is 1.67. The number of anilines is 1. The Morgan fingerprint density at radius 2 is 1.88 bits per heavy atom. The van der Waals surface area contributed by atoms with Crippen molar-refractivity contribution in [1.29, 1.82) is 0 Å². The van der Waals surface area contributed by atoms with Crippen LogP contribution in [-0.4, -0.2) is 28.2 Å². The number of sulfonamides is 1. The first-order valence-corrected chi connectivity index (χ1v) is 9.27. The van der Waals surface area contributed by atoms with Crippen molar-refractivity contribution in [2.45, 2.75) is 4.90 Å². The Hall–Kier alpha value is -2.78. The van der Waals surface area contributed by atoms with Gasteiger partial charge in [-0.15, -0.1) is 10.2 Å². The molecule has 9 heteroatoms. The van der Waals surface area contributed by atoms with Gasteiger partial charge in [-0.2, -0.15) is 9.61 Å². The van der Waals surface area contributed by atoms with E-state index in [1.807, 2.05) is 6.07 Å². The lowest BCUT2D eigenvalue weighted by molar-refractivity contribution is 0.601. The average molecular weight is 357 g/mol. The molecule has 0 radical (unpaired) electrons. The minimum atomic E-state index is -3.62. The summed E-state index contributed by atoms with van der Waals surface area (Å²) in [6.45, 7) is 0. The molecule has 7 nitrogen and oxygen atoms in total. The van der Waals surface area contributed by atoms with Gasteiger partial charge in [0.1, 0.15) is 11.3 Å². The largest absolute Gasteiger partial charge is 0.280 e. The lowest BCUT2D eigenvalue weighted by atomic mass is 10.2. The maximum absolute atomic E-state index is 12.4. The molecule has 2 aromatic heterocycles. The van der Waals surface area contributed by atoms with E-state index in [0.29, 0.717) is 10.6 Å². The second-order valence-electron chi connectivity index (χ2n) is 4.96. The molecule has 0 spiro atoms. The Morgan fingerprint density at radius 3 is 2.67 bits per heavy atom. The fourth-order valence-corrected chi connectivity index (χ4v) is 4.09. The zero-order valence-electron chi connectivity index (χ0n) is 12.2. The van der Waals surface area contributed by atoms with Gasteiger partial charge in [0.2, 0.25) is 4.96 Å². The molecule has 24 heavy (non-hydrogen) atoms. The van der Waals surface area contributed by atoms with E-state index in [9.17, 15) is 8.42 Å². The van der Waals surface area contributed by atoms with E-state index in [2.05, 4.69) is 20.0 Å². The monoisotopic (exact) mass is 357 g/mol. The molecule has 0 atom stereocenters. The highest BCUT2D eigenvalue weighted by Crippen LogP contribution is 2.27. The van der Waals surface area contributed by atoms with E-state index in [-0.39, 0.29) is 4.90 Å². The lowest BCUT2D eigenvalue weighted by Gasteiger charge is -2.08. The van der Waals surface area contributed by atoms with Gasteiger partial charge in [0.05, 0.1) is 4.90 Å². The van der Waals surface area contributed by atoms with Crippen LogP contribution in [0.15, 0.2) is 65.8 Å². The highest BCUT2D eigenvalue weighted by Gasteiger charge is 2.14.